The lowest BCUT2D eigenvalue weighted by molar-refractivity contribution is -0.143. The van der Waals surface area contributed by atoms with Crippen LogP contribution < -0.4 is 5.32 Å². The number of amides is 1. The molecule has 29 heavy (non-hydrogen) atoms. The first kappa shape index (κ1) is 22.8. The molecule has 1 aromatic carbocycles. The Morgan fingerprint density at radius 1 is 1.21 bits per heavy atom. The zero-order chi connectivity index (χ0) is 22.1. The topological polar surface area (TPSA) is 78.9 Å². The third-order valence-electron chi connectivity index (χ3n) is 3.91. The maximum atomic E-state index is 13.1. The van der Waals surface area contributed by atoms with Gasteiger partial charge in [0.2, 0.25) is 0 Å². The molecule has 0 saturated carbocycles. The molecule has 1 aliphatic heterocycles. The number of alkyl halides is 6. The van der Waals surface area contributed by atoms with Crippen molar-refractivity contribution in [2.45, 2.75) is 12.4 Å². The van der Waals surface area contributed by atoms with Gasteiger partial charge in [0.15, 0.2) is 0 Å². The number of carbonyl (C=O) groups is 2. The molecule has 0 unspecified atom stereocenters. The van der Waals surface area contributed by atoms with Crippen molar-refractivity contribution in [2.75, 3.05) is 32.1 Å². The van der Waals surface area contributed by atoms with Gasteiger partial charge in [-0.15, -0.1) is 0 Å². The van der Waals surface area contributed by atoms with Gasteiger partial charge in [-0.1, -0.05) is 11.6 Å². The molecule has 0 radical (unpaired) electrons. The number of benzene rings is 1. The summed E-state index contributed by atoms with van der Waals surface area (Å²) in [6, 6.07) is 0.586. The number of halogens is 7. The Morgan fingerprint density at radius 2 is 1.72 bits per heavy atom. The second-order valence-corrected chi connectivity index (χ2v) is 6.18. The molecule has 1 aromatic rings. The van der Waals surface area contributed by atoms with Gasteiger partial charge < -0.3 is 20.1 Å². The highest BCUT2D eigenvalue weighted by atomic mass is 35.5. The summed E-state index contributed by atoms with van der Waals surface area (Å²) in [4.78, 5) is 25.2. The fourth-order valence-corrected chi connectivity index (χ4v) is 2.93. The number of anilines is 1. The number of nitrogens with one attached hydrogen (secondary N) is 1. The molecular formula is C16H13ClF6N2O4. The number of rotatable bonds is 5. The van der Waals surface area contributed by atoms with Crippen molar-refractivity contribution in [3.05, 3.63) is 39.6 Å². The monoisotopic (exact) mass is 446 g/mol. The molecule has 2 N–H and O–H groups in total. The van der Waals surface area contributed by atoms with Gasteiger partial charge in [-0.05, 0) is 12.1 Å². The Kier molecular flexibility index (Phi) is 6.38. The summed E-state index contributed by atoms with van der Waals surface area (Å²) >= 11 is 5.30. The zero-order valence-corrected chi connectivity index (χ0v) is 15.3. The van der Waals surface area contributed by atoms with Crippen LogP contribution in [0.4, 0.5) is 32.0 Å². The molecule has 1 heterocycles. The predicted octanol–water partition coefficient (Wildman–Crippen LogP) is 3.05. The highest BCUT2D eigenvalue weighted by molar-refractivity contribution is 6.32. The number of aliphatic hydroxyl groups is 1. The predicted molar refractivity (Wildman–Crippen MR) is 87.8 cm³/mol. The molecule has 1 aliphatic rings. The van der Waals surface area contributed by atoms with Crippen molar-refractivity contribution in [3.63, 3.8) is 0 Å². The standard InChI is InChI=1S/C16H13ClF6N2O4/c1-29-14(28)8-6-25(2-3-26)13(27)12(8)24-7-4-9(15(18,19)20)11(17)10(5-7)16(21,22)23/h4-5,24,26H,2-3,6H2,1H3. The first-order chi connectivity index (χ1) is 13.3. The van der Waals surface area contributed by atoms with E-state index in [-0.39, 0.29) is 18.7 Å². The van der Waals surface area contributed by atoms with Gasteiger partial charge in [-0.3, -0.25) is 4.79 Å². The number of hydrogen-bond donors (Lipinski definition) is 2. The lowest BCUT2D eigenvalue weighted by Gasteiger charge is -2.18. The maximum absolute atomic E-state index is 13.1. The summed E-state index contributed by atoms with van der Waals surface area (Å²) in [5.41, 5.74) is -5.18. The van der Waals surface area contributed by atoms with Crippen molar-refractivity contribution >= 4 is 29.2 Å². The molecular weight excluding hydrogens is 434 g/mol. The number of esters is 1. The van der Waals surface area contributed by atoms with Gasteiger partial charge in [0.05, 0.1) is 42.0 Å². The first-order valence-electron chi connectivity index (χ1n) is 7.77. The maximum Gasteiger partial charge on any atom is 0.417 e. The van der Waals surface area contributed by atoms with Crippen molar-refractivity contribution in [2.24, 2.45) is 0 Å². The van der Waals surface area contributed by atoms with Gasteiger partial charge in [-0.2, -0.15) is 26.3 Å². The second-order valence-electron chi connectivity index (χ2n) is 5.80. The molecule has 1 amide bonds. The van der Waals surface area contributed by atoms with E-state index in [2.05, 4.69) is 10.1 Å². The van der Waals surface area contributed by atoms with E-state index in [1.54, 1.807) is 0 Å². The molecule has 6 nitrogen and oxygen atoms in total. The third-order valence-corrected chi connectivity index (χ3v) is 4.31. The Balaban J connectivity index is 2.59. The van der Waals surface area contributed by atoms with Crippen molar-refractivity contribution in [3.8, 4) is 0 Å². The number of aliphatic hydroxyl groups excluding tert-OH is 1. The first-order valence-corrected chi connectivity index (χ1v) is 8.15. The average molecular weight is 447 g/mol. The van der Waals surface area contributed by atoms with Crippen molar-refractivity contribution < 1.29 is 45.8 Å². The van der Waals surface area contributed by atoms with E-state index in [1.807, 2.05) is 0 Å². The molecule has 0 aliphatic carbocycles. The molecule has 0 fully saturated rings. The molecule has 13 heteroatoms. The quantitative estimate of drug-likeness (QED) is 0.537. The highest BCUT2D eigenvalue weighted by Crippen LogP contribution is 2.44. The second kappa shape index (κ2) is 8.11. The number of methoxy groups -OCH3 is 1. The lowest BCUT2D eigenvalue weighted by Crippen LogP contribution is -2.31. The SMILES string of the molecule is COC(=O)C1=C(Nc2cc(C(F)(F)F)c(Cl)c(C(F)(F)F)c2)C(=O)N(CCO)C1. The number of nitrogens with zero attached hydrogens (tertiary/aromatic N) is 1. The van der Waals surface area contributed by atoms with Gasteiger partial charge >= 0.3 is 18.3 Å². The number of ether oxygens (including phenoxy) is 1. The van der Waals surface area contributed by atoms with Crippen LogP contribution in [0, 0.1) is 0 Å². The Morgan fingerprint density at radius 3 is 2.14 bits per heavy atom. The largest absolute Gasteiger partial charge is 0.466 e. The smallest absolute Gasteiger partial charge is 0.417 e. The van der Waals surface area contributed by atoms with Crippen LogP contribution in [0.1, 0.15) is 11.1 Å². The summed E-state index contributed by atoms with van der Waals surface area (Å²) in [5, 5.41) is 9.57. The van der Waals surface area contributed by atoms with Crippen molar-refractivity contribution in [1.82, 2.24) is 4.90 Å². The van der Waals surface area contributed by atoms with Crippen LogP contribution in [0.2, 0.25) is 5.02 Å². The van der Waals surface area contributed by atoms with Gasteiger partial charge in [-0.25, -0.2) is 4.79 Å². The van der Waals surface area contributed by atoms with E-state index < -0.39 is 58.4 Å². The molecule has 160 valence electrons. The molecule has 0 saturated heterocycles. The minimum absolute atomic E-state index is 0.216. The molecule has 0 spiro atoms. The molecule has 0 aromatic heterocycles. The normalized spacial score (nSPS) is 15.2. The van der Waals surface area contributed by atoms with E-state index >= 15 is 0 Å². The van der Waals surface area contributed by atoms with Crippen LogP contribution in [-0.4, -0.2) is 48.7 Å². The van der Waals surface area contributed by atoms with Gasteiger partial charge in [0.1, 0.15) is 5.70 Å². The van der Waals surface area contributed by atoms with Crippen LogP contribution >= 0.6 is 11.6 Å². The lowest BCUT2D eigenvalue weighted by atomic mass is 10.1. The Hall–Kier alpha value is -2.47. The molecule has 2 rings (SSSR count). The zero-order valence-electron chi connectivity index (χ0n) is 14.5. The minimum Gasteiger partial charge on any atom is -0.466 e. The van der Waals surface area contributed by atoms with Crippen molar-refractivity contribution in [1.29, 1.82) is 0 Å². The Labute approximate surface area is 164 Å². The van der Waals surface area contributed by atoms with Crippen LogP contribution in [0.15, 0.2) is 23.4 Å². The number of carbonyl (C=O) groups excluding carboxylic acids is 2. The number of hydrogen-bond acceptors (Lipinski definition) is 5. The summed E-state index contributed by atoms with van der Waals surface area (Å²) in [6.07, 6.45) is -10.4. The van der Waals surface area contributed by atoms with Crippen LogP contribution in [0.25, 0.3) is 0 Å². The summed E-state index contributed by atoms with van der Waals surface area (Å²) in [6.45, 7) is -1.04. The summed E-state index contributed by atoms with van der Waals surface area (Å²) in [7, 11) is 0.984. The van der Waals surface area contributed by atoms with E-state index in [0.29, 0.717) is 12.1 Å². The van der Waals surface area contributed by atoms with Crippen LogP contribution in [-0.2, 0) is 26.7 Å². The third kappa shape index (κ3) is 4.75. The van der Waals surface area contributed by atoms with E-state index in [4.69, 9.17) is 16.7 Å². The minimum atomic E-state index is -5.21. The fourth-order valence-electron chi connectivity index (χ4n) is 2.60. The van der Waals surface area contributed by atoms with Gasteiger partial charge in [0.25, 0.3) is 5.91 Å². The average Bonchev–Trinajstić information content (AvgIpc) is 2.90. The van der Waals surface area contributed by atoms with Gasteiger partial charge in [0, 0.05) is 12.2 Å². The molecule has 0 atom stereocenters. The van der Waals surface area contributed by atoms with E-state index in [9.17, 15) is 35.9 Å². The number of β-amino-alcohol motifs (C(OH)–C–C–N with tert-alkyl or cyclic N) is 1. The summed E-state index contributed by atoms with van der Waals surface area (Å²) in [5.74, 6) is -1.92. The summed E-state index contributed by atoms with van der Waals surface area (Å²) < 4.78 is 83.3. The van der Waals surface area contributed by atoms with E-state index in [0.717, 1.165) is 12.0 Å². The fraction of sp³-hybridized carbons (Fsp3) is 0.375. The molecule has 0 bridgehead atoms. The van der Waals surface area contributed by atoms with E-state index in [1.165, 1.54) is 0 Å². The van der Waals surface area contributed by atoms with Crippen LogP contribution in [0.3, 0.4) is 0 Å². The Bertz CT molecular complexity index is 831. The van der Waals surface area contributed by atoms with Crippen LogP contribution in [0.5, 0.6) is 0 Å². The highest BCUT2D eigenvalue weighted by Gasteiger charge is 2.42.